The molecular weight excluding hydrogens is 1010 g/mol. The number of hydrogen-bond acceptors (Lipinski definition) is 11. The minimum Gasteiger partial charge on any atom is -0.380 e. The highest BCUT2D eigenvalue weighted by atomic mass is 35.5. The van der Waals surface area contributed by atoms with Crippen LogP contribution in [0.4, 0.5) is 24.5 Å². The smallest absolute Gasteiger partial charge is 0.380 e. The summed E-state index contributed by atoms with van der Waals surface area (Å²) in [5.74, 6) is -0.637. The quantitative estimate of drug-likeness (QED) is 0.104. The van der Waals surface area contributed by atoms with Crippen molar-refractivity contribution >= 4 is 66.1 Å². The molecule has 0 spiro atoms. The van der Waals surface area contributed by atoms with E-state index in [0.29, 0.717) is 29.8 Å². The van der Waals surface area contributed by atoms with Crippen LogP contribution in [0.2, 0.25) is 5.02 Å². The van der Waals surface area contributed by atoms with Gasteiger partial charge < -0.3 is 15.1 Å². The molecular formula is C55H70ClF3N6O5S3. The van der Waals surface area contributed by atoms with Gasteiger partial charge in [0.1, 0.15) is 4.90 Å². The normalized spacial score (nSPS) is 22.9. The monoisotopic (exact) mass is 1080 g/mol. The second-order valence-corrected chi connectivity index (χ2v) is 28.0. The van der Waals surface area contributed by atoms with E-state index in [0.717, 1.165) is 101 Å². The number of amides is 1. The predicted molar refractivity (Wildman–Crippen MR) is 289 cm³/mol. The number of halogens is 4. The topological polar surface area (TPSA) is 122 Å². The van der Waals surface area contributed by atoms with Gasteiger partial charge in [-0.25, -0.2) is 21.6 Å². The van der Waals surface area contributed by atoms with Crippen LogP contribution in [0.15, 0.2) is 117 Å². The number of nitrogens with zero attached hydrogens (tertiary/aromatic N) is 4. The van der Waals surface area contributed by atoms with Crippen LogP contribution in [-0.2, 0) is 19.9 Å². The molecule has 3 atom stereocenters. The van der Waals surface area contributed by atoms with Gasteiger partial charge in [-0.3, -0.25) is 14.6 Å². The molecule has 3 saturated heterocycles. The van der Waals surface area contributed by atoms with Crippen LogP contribution in [0, 0.1) is 16.2 Å². The highest BCUT2D eigenvalue weighted by Crippen LogP contribution is 2.53. The van der Waals surface area contributed by atoms with Gasteiger partial charge in [-0.1, -0.05) is 75.2 Å². The van der Waals surface area contributed by atoms with Crippen molar-refractivity contribution in [2.45, 2.75) is 106 Å². The fraction of sp³-hybridized carbons (Fsp3) is 0.509. The van der Waals surface area contributed by atoms with Crippen molar-refractivity contribution < 1.29 is 34.8 Å². The first-order valence-corrected chi connectivity index (χ1v) is 29.5. The van der Waals surface area contributed by atoms with E-state index in [9.17, 15) is 34.8 Å². The Kier molecular flexibility index (Phi) is 16.0. The average molecular weight is 1080 g/mol. The van der Waals surface area contributed by atoms with Gasteiger partial charge in [0.2, 0.25) is 0 Å². The molecule has 18 heteroatoms. The number of thioether (sulfide) groups is 1. The molecule has 11 nitrogen and oxygen atoms in total. The standard InChI is InChI=1S/C55H70ClF3N6O5S3/c1-51(2,3)65-37-53(6)35-63(36-54(53,7)38-65)26-24-43(34-71-45-11-9-8-10-12-45)60-48-22-21-46(31-49(48)72(67,68)55(57,58)59)73(69,70)61-50(66)40-15-19-44(20-16-40)64-29-27-62(28-30-64)33-41-32-52(4,5)25-23-47(41)39-13-17-42(56)18-14-39/h8-22,31,43,60H,23-30,32-38H2,1-7H3,(H,61,66)/t43-,53-,54+/m1/s1. The maximum absolute atomic E-state index is 14.4. The van der Waals surface area contributed by atoms with Gasteiger partial charge in [0.25, 0.3) is 25.8 Å². The molecule has 3 aliphatic heterocycles. The number of benzene rings is 4. The number of sulfone groups is 1. The molecule has 4 aromatic carbocycles. The van der Waals surface area contributed by atoms with Crippen LogP contribution in [0.3, 0.4) is 0 Å². The Bertz CT molecular complexity index is 2870. The van der Waals surface area contributed by atoms with Crippen molar-refractivity contribution in [2.75, 3.05) is 81.4 Å². The molecule has 1 amide bonds. The molecule has 0 unspecified atom stereocenters. The fourth-order valence-corrected chi connectivity index (χ4v) is 14.2. The molecule has 8 rings (SSSR count). The molecule has 1 aliphatic carbocycles. The third kappa shape index (κ3) is 12.6. The minimum absolute atomic E-state index is 0.00358. The van der Waals surface area contributed by atoms with Gasteiger partial charge in [-0.2, -0.15) is 13.2 Å². The maximum Gasteiger partial charge on any atom is 0.501 e. The summed E-state index contributed by atoms with van der Waals surface area (Å²) in [5, 5.41) is 3.81. The van der Waals surface area contributed by atoms with Gasteiger partial charge in [-0.05, 0) is 130 Å². The summed E-state index contributed by atoms with van der Waals surface area (Å²) in [7, 11) is -10.9. The van der Waals surface area contributed by atoms with Crippen molar-refractivity contribution in [2.24, 2.45) is 16.2 Å². The third-order valence-corrected chi connectivity index (χ3v) is 20.0. The van der Waals surface area contributed by atoms with Gasteiger partial charge in [-0.15, -0.1) is 11.8 Å². The molecule has 73 heavy (non-hydrogen) atoms. The number of hydrogen-bond donors (Lipinski definition) is 2. The lowest BCUT2D eigenvalue weighted by Gasteiger charge is -2.39. The SMILES string of the molecule is CC1(C)CCC(c2ccc(Cl)cc2)=C(CN2CCN(c3ccc(C(=O)NS(=O)(=O)c4ccc(N[C@H](CCN5C[C@@]6(C)CN(C(C)(C)C)C[C@@]6(C)C5)CSc5ccccc5)c(S(=O)(=O)C(F)(F)F)c4)cc3)CC2)C1. The lowest BCUT2D eigenvalue weighted by atomic mass is 9.71. The van der Waals surface area contributed by atoms with Crippen molar-refractivity contribution in [3.8, 4) is 0 Å². The molecule has 3 fully saturated rings. The number of allylic oxidation sites excluding steroid dienone is 1. The molecule has 0 radical (unpaired) electrons. The van der Waals surface area contributed by atoms with E-state index < -0.39 is 47.1 Å². The zero-order chi connectivity index (χ0) is 52.8. The van der Waals surface area contributed by atoms with Crippen LogP contribution in [0.1, 0.15) is 90.1 Å². The number of nitrogens with one attached hydrogen (secondary N) is 2. The maximum atomic E-state index is 14.4. The van der Waals surface area contributed by atoms with E-state index in [-0.39, 0.29) is 33.0 Å². The number of sulfonamides is 1. The van der Waals surface area contributed by atoms with Crippen LogP contribution in [0.5, 0.6) is 0 Å². The average Bonchev–Trinajstić information content (AvgIpc) is 3.73. The summed E-state index contributed by atoms with van der Waals surface area (Å²) in [6, 6.07) is 26.1. The van der Waals surface area contributed by atoms with E-state index >= 15 is 0 Å². The molecule has 0 saturated carbocycles. The summed E-state index contributed by atoms with van der Waals surface area (Å²) in [5.41, 5.74) is -0.902. The Labute approximate surface area is 440 Å². The molecule has 0 bridgehead atoms. The summed E-state index contributed by atoms with van der Waals surface area (Å²) in [6.45, 7) is 24.1. The fourth-order valence-electron chi connectivity index (χ4n) is 11.1. The number of fused-ring (bicyclic) bond motifs is 1. The number of rotatable bonds is 16. The second-order valence-electron chi connectivity index (χ2n) is 22.9. The van der Waals surface area contributed by atoms with Gasteiger partial charge in [0, 0.05) is 115 Å². The van der Waals surface area contributed by atoms with Crippen molar-refractivity contribution in [3.05, 3.63) is 119 Å². The lowest BCUT2D eigenvalue weighted by molar-refractivity contribution is -0.0435. The highest BCUT2D eigenvalue weighted by molar-refractivity contribution is 7.99. The van der Waals surface area contributed by atoms with Crippen molar-refractivity contribution in [1.82, 2.24) is 19.4 Å². The number of anilines is 2. The summed E-state index contributed by atoms with van der Waals surface area (Å²) in [4.78, 5) is 22.0. The largest absolute Gasteiger partial charge is 0.501 e. The molecule has 0 aromatic heterocycles. The lowest BCUT2D eigenvalue weighted by Crippen LogP contribution is -2.47. The zero-order valence-electron chi connectivity index (χ0n) is 43.0. The summed E-state index contributed by atoms with van der Waals surface area (Å²) < 4.78 is 99.4. The summed E-state index contributed by atoms with van der Waals surface area (Å²) >= 11 is 7.69. The zero-order valence-corrected chi connectivity index (χ0v) is 46.2. The van der Waals surface area contributed by atoms with Crippen molar-refractivity contribution in [1.29, 1.82) is 0 Å². The number of likely N-dealkylation sites (tertiary alicyclic amines) is 2. The number of piperazine rings is 1. The van der Waals surface area contributed by atoms with Gasteiger partial charge in [0.05, 0.1) is 10.6 Å². The van der Waals surface area contributed by atoms with E-state index in [2.05, 4.69) is 85.5 Å². The Morgan fingerprint density at radius 2 is 1.42 bits per heavy atom. The van der Waals surface area contributed by atoms with E-state index in [1.807, 2.05) is 47.2 Å². The van der Waals surface area contributed by atoms with Crippen LogP contribution >= 0.6 is 23.4 Å². The molecule has 3 heterocycles. The van der Waals surface area contributed by atoms with Crippen LogP contribution in [0.25, 0.3) is 5.57 Å². The van der Waals surface area contributed by atoms with Gasteiger partial charge in [0.15, 0.2) is 0 Å². The van der Waals surface area contributed by atoms with Gasteiger partial charge >= 0.3 is 5.51 Å². The Morgan fingerprint density at radius 1 is 0.795 bits per heavy atom. The highest BCUT2D eigenvalue weighted by Gasteiger charge is 2.58. The molecule has 2 N–H and O–H groups in total. The van der Waals surface area contributed by atoms with Crippen LogP contribution < -0.4 is 14.9 Å². The Balaban J connectivity index is 0.939. The number of carbonyl (C=O) groups is 1. The minimum atomic E-state index is -6.08. The predicted octanol–water partition coefficient (Wildman–Crippen LogP) is 10.9. The molecule has 4 aliphatic rings. The Morgan fingerprint density at radius 3 is 2.03 bits per heavy atom. The first kappa shape index (κ1) is 55.1. The molecule has 396 valence electrons. The first-order valence-electron chi connectivity index (χ1n) is 25.1. The summed E-state index contributed by atoms with van der Waals surface area (Å²) in [6.07, 6.45) is 3.62. The first-order chi connectivity index (χ1) is 34.1. The van der Waals surface area contributed by atoms with Crippen LogP contribution in [-0.4, -0.2) is 126 Å². The van der Waals surface area contributed by atoms with E-state index in [1.165, 1.54) is 40.6 Å². The van der Waals surface area contributed by atoms with Crippen molar-refractivity contribution in [3.63, 3.8) is 0 Å². The molecule has 4 aromatic rings. The second kappa shape index (κ2) is 21.1. The number of alkyl halides is 3. The Hall–Kier alpha value is -4.10. The third-order valence-electron chi connectivity index (χ3n) is 15.7. The van der Waals surface area contributed by atoms with E-state index in [4.69, 9.17) is 11.6 Å². The number of carbonyl (C=O) groups excluding carboxylic acids is 1. The van der Waals surface area contributed by atoms with E-state index in [1.54, 1.807) is 12.1 Å².